The van der Waals surface area contributed by atoms with Gasteiger partial charge in [0.25, 0.3) is 5.91 Å². The van der Waals surface area contributed by atoms with Gasteiger partial charge in [0.2, 0.25) is 5.78 Å². The van der Waals surface area contributed by atoms with Gasteiger partial charge in [-0.05, 0) is 56.0 Å². The summed E-state index contributed by atoms with van der Waals surface area (Å²) in [6.07, 6.45) is 0.872. The number of hydrogen-bond donors (Lipinski definition) is 1. The normalized spacial score (nSPS) is 16.2. The third kappa shape index (κ3) is 3.63. The third-order valence-corrected chi connectivity index (χ3v) is 8.09. The minimum atomic E-state index is -0.783. The van der Waals surface area contributed by atoms with Crippen molar-refractivity contribution in [3.63, 3.8) is 0 Å². The van der Waals surface area contributed by atoms with Crippen molar-refractivity contribution < 1.29 is 14.7 Å². The summed E-state index contributed by atoms with van der Waals surface area (Å²) >= 11 is 2.64. The SMILES string of the molecule is CCc1ccc(C2C(C(=O)c3sc(C)nc3C)=C(O)C(=O)N2c2nc3ccc(C)cc3s2)cc1. The van der Waals surface area contributed by atoms with Gasteiger partial charge in [-0.25, -0.2) is 9.97 Å². The predicted molar refractivity (Wildman–Crippen MR) is 136 cm³/mol. The average Bonchev–Trinajstić information content (AvgIpc) is 3.46. The van der Waals surface area contributed by atoms with E-state index in [1.165, 1.54) is 27.6 Å². The molecule has 8 heteroatoms. The van der Waals surface area contributed by atoms with Crippen molar-refractivity contribution in [2.45, 2.75) is 40.2 Å². The number of thiazole rings is 2. The maximum absolute atomic E-state index is 13.7. The van der Waals surface area contributed by atoms with Crippen molar-refractivity contribution in [3.05, 3.63) is 86.1 Å². The molecule has 2 aromatic heterocycles. The van der Waals surface area contributed by atoms with Gasteiger partial charge in [0.05, 0.1) is 37.4 Å². The highest BCUT2D eigenvalue weighted by Gasteiger charge is 2.46. The summed E-state index contributed by atoms with van der Waals surface area (Å²) in [6, 6.07) is 12.9. The minimum Gasteiger partial charge on any atom is -0.503 e. The number of aliphatic hydroxyl groups excluding tert-OH is 1. The molecule has 1 atom stereocenters. The molecule has 1 unspecified atom stereocenters. The Morgan fingerprint density at radius 3 is 2.44 bits per heavy atom. The molecule has 3 heterocycles. The maximum Gasteiger partial charge on any atom is 0.296 e. The number of aryl methyl sites for hydroxylation is 4. The van der Waals surface area contributed by atoms with E-state index in [-0.39, 0.29) is 11.4 Å². The number of carbonyl (C=O) groups excluding carboxylic acids is 2. The fourth-order valence-corrected chi connectivity index (χ4v) is 6.24. The monoisotopic (exact) mass is 489 g/mol. The molecule has 4 aromatic rings. The van der Waals surface area contributed by atoms with Crippen LogP contribution in [0.15, 0.2) is 53.8 Å². The van der Waals surface area contributed by atoms with Crippen molar-refractivity contribution in [1.29, 1.82) is 0 Å². The molecule has 1 N–H and O–H groups in total. The molecule has 0 saturated heterocycles. The summed E-state index contributed by atoms with van der Waals surface area (Å²) in [6.45, 7) is 7.67. The summed E-state index contributed by atoms with van der Waals surface area (Å²) in [5, 5.41) is 12.2. The number of aliphatic hydroxyl groups is 1. The highest BCUT2D eigenvalue weighted by molar-refractivity contribution is 7.22. The standard InChI is InChI=1S/C26H23N3O3S2/c1-5-16-7-9-17(10-8-16)21-20(22(30)24-14(3)27-15(4)33-24)23(31)25(32)29(21)26-28-18-11-6-13(2)12-19(18)34-26/h6-12,21,31H,5H2,1-4H3. The number of amides is 1. The molecule has 0 saturated carbocycles. The van der Waals surface area contributed by atoms with E-state index < -0.39 is 17.7 Å². The molecule has 34 heavy (non-hydrogen) atoms. The van der Waals surface area contributed by atoms with E-state index in [4.69, 9.17) is 0 Å². The van der Waals surface area contributed by atoms with Crippen LogP contribution in [0.3, 0.4) is 0 Å². The molecule has 0 radical (unpaired) electrons. The summed E-state index contributed by atoms with van der Waals surface area (Å²) in [7, 11) is 0. The number of aromatic nitrogens is 2. The summed E-state index contributed by atoms with van der Waals surface area (Å²) in [4.78, 5) is 38.0. The van der Waals surface area contributed by atoms with Crippen LogP contribution in [0.1, 0.15) is 50.0 Å². The summed E-state index contributed by atoms with van der Waals surface area (Å²) in [5.74, 6) is -1.53. The van der Waals surface area contributed by atoms with Gasteiger partial charge in [0.15, 0.2) is 10.9 Å². The molecule has 6 nitrogen and oxygen atoms in total. The largest absolute Gasteiger partial charge is 0.503 e. The van der Waals surface area contributed by atoms with E-state index in [1.807, 2.05) is 56.3 Å². The molecular formula is C26H23N3O3S2. The lowest BCUT2D eigenvalue weighted by molar-refractivity contribution is -0.117. The zero-order valence-corrected chi connectivity index (χ0v) is 20.9. The molecule has 0 bridgehead atoms. The molecule has 172 valence electrons. The average molecular weight is 490 g/mol. The number of rotatable bonds is 5. The van der Waals surface area contributed by atoms with Gasteiger partial charge in [-0.2, -0.15) is 0 Å². The Kier molecular flexibility index (Phi) is 5.58. The predicted octanol–water partition coefficient (Wildman–Crippen LogP) is 6.02. The zero-order chi connectivity index (χ0) is 24.1. The first-order valence-corrected chi connectivity index (χ1v) is 12.6. The van der Waals surface area contributed by atoms with Gasteiger partial charge in [-0.3, -0.25) is 14.5 Å². The molecule has 2 aromatic carbocycles. The Bertz CT molecular complexity index is 1480. The number of fused-ring (bicyclic) bond motifs is 1. The van der Waals surface area contributed by atoms with Gasteiger partial charge >= 0.3 is 0 Å². The first-order valence-electron chi connectivity index (χ1n) is 11.0. The molecule has 0 spiro atoms. The Balaban J connectivity index is 1.68. The first-order chi connectivity index (χ1) is 16.3. The van der Waals surface area contributed by atoms with E-state index >= 15 is 0 Å². The van der Waals surface area contributed by atoms with E-state index in [1.54, 1.807) is 6.92 Å². The highest BCUT2D eigenvalue weighted by Crippen LogP contribution is 2.44. The van der Waals surface area contributed by atoms with E-state index in [0.29, 0.717) is 15.7 Å². The second kappa shape index (κ2) is 8.45. The number of ketones is 1. The Hall–Kier alpha value is -3.36. The fourth-order valence-electron chi connectivity index (χ4n) is 4.27. The van der Waals surface area contributed by atoms with Crippen LogP contribution >= 0.6 is 22.7 Å². The van der Waals surface area contributed by atoms with Crippen LogP contribution in [0, 0.1) is 20.8 Å². The molecule has 1 amide bonds. The molecule has 1 aliphatic heterocycles. The van der Waals surface area contributed by atoms with Crippen LogP contribution in [-0.4, -0.2) is 26.8 Å². The van der Waals surface area contributed by atoms with Crippen molar-refractivity contribution in [2.75, 3.05) is 4.90 Å². The number of Topliss-reactive ketones (excluding diaryl/α,β-unsaturated/α-hetero) is 1. The van der Waals surface area contributed by atoms with Crippen LogP contribution in [-0.2, 0) is 11.2 Å². The van der Waals surface area contributed by atoms with Crippen molar-refractivity contribution in [3.8, 4) is 0 Å². The topological polar surface area (TPSA) is 83.4 Å². The fraction of sp³-hybridized carbons (Fsp3) is 0.231. The zero-order valence-electron chi connectivity index (χ0n) is 19.2. The lowest BCUT2D eigenvalue weighted by Gasteiger charge is -2.24. The van der Waals surface area contributed by atoms with Crippen LogP contribution in [0.4, 0.5) is 5.13 Å². The van der Waals surface area contributed by atoms with Gasteiger partial charge in [0.1, 0.15) is 0 Å². The molecule has 5 rings (SSSR count). The Morgan fingerprint density at radius 1 is 1.06 bits per heavy atom. The van der Waals surface area contributed by atoms with Gasteiger partial charge < -0.3 is 5.11 Å². The van der Waals surface area contributed by atoms with Crippen LogP contribution in [0.2, 0.25) is 0 Å². The van der Waals surface area contributed by atoms with Gasteiger partial charge in [0, 0.05) is 0 Å². The quantitative estimate of drug-likeness (QED) is 0.346. The lowest BCUT2D eigenvalue weighted by atomic mass is 9.94. The van der Waals surface area contributed by atoms with Gasteiger partial charge in [-0.15, -0.1) is 11.3 Å². The molecule has 0 aliphatic carbocycles. The summed E-state index contributed by atoms with van der Waals surface area (Å²) < 4.78 is 0.941. The van der Waals surface area contributed by atoms with Crippen molar-refractivity contribution in [2.24, 2.45) is 0 Å². The minimum absolute atomic E-state index is 0.0661. The molecule has 0 fully saturated rings. The highest BCUT2D eigenvalue weighted by atomic mass is 32.1. The molecular weight excluding hydrogens is 466 g/mol. The Morgan fingerprint density at radius 2 is 1.79 bits per heavy atom. The van der Waals surface area contributed by atoms with Crippen molar-refractivity contribution >= 4 is 49.7 Å². The number of carbonyl (C=O) groups is 2. The van der Waals surface area contributed by atoms with Crippen LogP contribution in [0.25, 0.3) is 10.2 Å². The van der Waals surface area contributed by atoms with Crippen LogP contribution < -0.4 is 4.90 Å². The number of anilines is 1. The molecule has 1 aliphatic rings. The van der Waals surface area contributed by atoms with E-state index in [9.17, 15) is 14.7 Å². The third-order valence-electron chi connectivity index (χ3n) is 6.00. The van der Waals surface area contributed by atoms with Crippen LogP contribution in [0.5, 0.6) is 0 Å². The van der Waals surface area contributed by atoms with E-state index in [2.05, 4.69) is 16.9 Å². The number of nitrogens with zero attached hydrogens (tertiary/aromatic N) is 3. The van der Waals surface area contributed by atoms with Gasteiger partial charge in [-0.1, -0.05) is 48.6 Å². The number of benzene rings is 2. The second-order valence-corrected chi connectivity index (χ2v) is 10.6. The van der Waals surface area contributed by atoms with Crippen molar-refractivity contribution in [1.82, 2.24) is 9.97 Å². The first kappa shape index (κ1) is 22.4. The lowest BCUT2D eigenvalue weighted by Crippen LogP contribution is -2.31. The Labute approximate surface area is 205 Å². The second-order valence-electron chi connectivity index (χ2n) is 8.38. The summed E-state index contributed by atoms with van der Waals surface area (Å²) in [5.41, 5.74) is 4.41. The van der Waals surface area contributed by atoms with E-state index in [0.717, 1.165) is 38.3 Å². The smallest absolute Gasteiger partial charge is 0.296 e. The maximum atomic E-state index is 13.7. The number of hydrogen-bond acceptors (Lipinski definition) is 7.